The van der Waals surface area contributed by atoms with Crippen LogP contribution in [0.25, 0.3) is 0 Å². The highest BCUT2D eigenvalue weighted by atomic mass is 35.5. The normalized spacial score (nSPS) is 10.1. The molecule has 1 aromatic carbocycles. The van der Waals surface area contributed by atoms with Crippen molar-refractivity contribution in [3.05, 3.63) is 51.2 Å². The number of hydrogen-bond donors (Lipinski definition) is 2. The summed E-state index contributed by atoms with van der Waals surface area (Å²) in [6.45, 7) is 1.83. The van der Waals surface area contributed by atoms with Crippen molar-refractivity contribution in [1.82, 2.24) is 10.9 Å². The highest BCUT2D eigenvalue weighted by Gasteiger charge is 2.10. The van der Waals surface area contributed by atoms with Gasteiger partial charge in [0.15, 0.2) is 6.61 Å². The molecule has 2 N–H and O–H groups in total. The Kier molecular flexibility index (Phi) is 5.80. The molecule has 0 radical (unpaired) electrons. The van der Waals surface area contributed by atoms with Crippen LogP contribution in [0.4, 0.5) is 0 Å². The minimum Gasteiger partial charge on any atom is -0.483 e. The van der Waals surface area contributed by atoms with Crippen LogP contribution >= 0.6 is 22.9 Å². The summed E-state index contributed by atoms with van der Waals surface area (Å²) in [5.74, 6) is -0.197. The third kappa shape index (κ3) is 4.47. The van der Waals surface area contributed by atoms with Crippen LogP contribution < -0.4 is 15.6 Å². The number of hydrogen-bond acceptors (Lipinski definition) is 4. The lowest BCUT2D eigenvalue weighted by Crippen LogP contribution is -2.43. The molecule has 0 saturated heterocycles. The molecule has 1 heterocycles. The summed E-state index contributed by atoms with van der Waals surface area (Å²) in [5.41, 5.74) is 5.63. The number of benzene rings is 1. The lowest BCUT2D eigenvalue weighted by molar-refractivity contribution is -0.123. The number of carbonyl (C=O) groups excluding carboxylic acids is 2. The third-order valence-electron chi connectivity index (χ3n) is 2.82. The van der Waals surface area contributed by atoms with Gasteiger partial charge in [-0.2, -0.15) is 0 Å². The van der Waals surface area contributed by atoms with E-state index in [1.165, 1.54) is 0 Å². The monoisotopic (exact) mass is 338 g/mol. The van der Waals surface area contributed by atoms with E-state index in [1.807, 2.05) is 25.1 Å². The maximum atomic E-state index is 11.7. The second kappa shape index (κ2) is 7.82. The van der Waals surface area contributed by atoms with E-state index in [0.29, 0.717) is 15.0 Å². The van der Waals surface area contributed by atoms with E-state index in [9.17, 15) is 9.59 Å². The Morgan fingerprint density at radius 3 is 2.64 bits per heavy atom. The van der Waals surface area contributed by atoms with Gasteiger partial charge in [0, 0.05) is 0 Å². The lowest BCUT2D eigenvalue weighted by Gasteiger charge is -2.10. The van der Waals surface area contributed by atoms with Crippen LogP contribution in [0.15, 0.2) is 36.4 Å². The van der Waals surface area contributed by atoms with Crippen molar-refractivity contribution in [2.24, 2.45) is 0 Å². The van der Waals surface area contributed by atoms with Gasteiger partial charge >= 0.3 is 0 Å². The predicted molar refractivity (Wildman–Crippen MR) is 86.3 cm³/mol. The van der Waals surface area contributed by atoms with E-state index in [2.05, 4.69) is 10.9 Å². The van der Waals surface area contributed by atoms with Gasteiger partial charge in [-0.05, 0) is 30.2 Å². The summed E-state index contributed by atoms with van der Waals surface area (Å²) < 4.78 is 5.96. The number of carbonyl (C=O) groups is 2. The summed E-state index contributed by atoms with van der Waals surface area (Å²) >= 11 is 6.88. The first-order valence-electron chi connectivity index (χ1n) is 6.65. The van der Waals surface area contributed by atoms with E-state index in [-0.39, 0.29) is 6.61 Å². The molecule has 5 nitrogen and oxygen atoms in total. The number of ether oxygens (including phenoxy) is 1. The van der Waals surface area contributed by atoms with E-state index in [1.54, 1.807) is 18.2 Å². The molecule has 116 valence electrons. The number of rotatable bonds is 5. The van der Waals surface area contributed by atoms with Gasteiger partial charge in [0.1, 0.15) is 5.75 Å². The van der Waals surface area contributed by atoms with Crippen LogP contribution in [0.1, 0.15) is 22.2 Å². The van der Waals surface area contributed by atoms with E-state index >= 15 is 0 Å². The number of para-hydroxylation sites is 1. The maximum Gasteiger partial charge on any atom is 0.279 e. The van der Waals surface area contributed by atoms with Crippen molar-refractivity contribution in [1.29, 1.82) is 0 Å². The fourth-order valence-corrected chi connectivity index (χ4v) is 2.68. The average molecular weight is 339 g/mol. The fourth-order valence-electron chi connectivity index (χ4n) is 1.74. The molecule has 0 aliphatic heterocycles. The van der Waals surface area contributed by atoms with Gasteiger partial charge in [-0.25, -0.2) is 0 Å². The van der Waals surface area contributed by atoms with Crippen LogP contribution in [0.3, 0.4) is 0 Å². The molecule has 0 unspecified atom stereocenters. The highest BCUT2D eigenvalue weighted by Crippen LogP contribution is 2.21. The average Bonchev–Trinajstić information content (AvgIpc) is 2.97. The lowest BCUT2D eigenvalue weighted by atomic mass is 10.1. The molecule has 0 aliphatic carbocycles. The standard InChI is InChI=1S/C15H15ClN2O3S/c1-2-10-5-3-4-6-11(10)21-9-14(19)17-18-15(20)12-7-8-13(16)22-12/h3-8H,2,9H2,1H3,(H,17,19)(H,18,20). The molecule has 0 bridgehead atoms. The van der Waals surface area contributed by atoms with E-state index in [0.717, 1.165) is 23.3 Å². The smallest absolute Gasteiger partial charge is 0.279 e. The second-order valence-electron chi connectivity index (χ2n) is 4.36. The minimum absolute atomic E-state index is 0.178. The van der Waals surface area contributed by atoms with Gasteiger partial charge in [0.25, 0.3) is 11.8 Å². The van der Waals surface area contributed by atoms with E-state index < -0.39 is 11.8 Å². The van der Waals surface area contributed by atoms with Gasteiger partial charge in [-0.3, -0.25) is 20.4 Å². The van der Waals surface area contributed by atoms with Crippen molar-refractivity contribution in [3.8, 4) is 5.75 Å². The Morgan fingerprint density at radius 2 is 1.95 bits per heavy atom. The number of aryl methyl sites for hydroxylation is 1. The molecule has 0 saturated carbocycles. The molecule has 0 aliphatic rings. The first-order valence-corrected chi connectivity index (χ1v) is 7.84. The molecule has 2 amide bonds. The highest BCUT2D eigenvalue weighted by molar-refractivity contribution is 7.17. The Hall–Kier alpha value is -2.05. The van der Waals surface area contributed by atoms with Crippen molar-refractivity contribution in [2.75, 3.05) is 6.61 Å². The maximum absolute atomic E-state index is 11.7. The van der Waals surface area contributed by atoms with Crippen molar-refractivity contribution >= 4 is 34.8 Å². The molecule has 2 aromatic rings. The van der Waals surface area contributed by atoms with Gasteiger partial charge in [0.2, 0.25) is 0 Å². The molecule has 1 aromatic heterocycles. The van der Waals surface area contributed by atoms with Crippen LogP contribution in [0.2, 0.25) is 4.34 Å². The van der Waals surface area contributed by atoms with Crippen molar-refractivity contribution in [3.63, 3.8) is 0 Å². The van der Waals surface area contributed by atoms with E-state index in [4.69, 9.17) is 16.3 Å². The number of nitrogens with one attached hydrogen (secondary N) is 2. The first kappa shape index (κ1) is 16.3. The molecule has 2 rings (SSSR count). The molecular formula is C15H15ClN2O3S. The quantitative estimate of drug-likeness (QED) is 0.824. The first-order chi connectivity index (χ1) is 10.6. The molecule has 7 heteroatoms. The summed E-state index contributed by atoms with van der Waals surface area (Å²) in [5, 5.41) is 0. The number of hydrazine groups is 1. The predicted octanol–water partition coefficient (Wildman–Crippen LogP) is 2.80. The fraction of sp³-hybridized carbons (Fsp3) is 0.200. The zero-order chi connectivity index (χ0) is 15.9. The molecule has 0 atom stereocenters. The number of amides is 2. The Bertz CT molecular complexity index is 672. The minimum atomic E-state index is -0.443. The SMILES string of the molecule is CCc1ccccc1OCC(=O)NNC(=O)c1ccc(Cl)s1. The van der Waals surface area contributed by atoms with Gasteiger partial charge in [0.05, 0.1) is 9.21 Å². The Labute approximate surface area is 137 Å². The van der Waals surface area contributed by atoms with Crippen LogP contribution in [0, 0.1) is 0 Å². The van der Waals surface area contributed by atoms with Crippen LogP contribution in [0.5, 0.6) is 5.75 Å². The summed E-state index contributed by atoms with van der Waals surface area (Å²) in [6, 6.07) is 10.7. The summed E-state index contributed by atoms with van der Waals surface area (Å²) in [7, 11) is 0. The largest absolute Gasteiger partial charge is 0.483 e. The zero-order valence-electron chi connectivity index (χ0n) is 11.9. The van der Waals surface area contributed by atoms with Crippen molar-refractivity contribution < 1.29 is 14.3 Å². The van der Waals surface area contributed by atoms with Crippen LogP contribution in [-0.2, 0) is 11.2 Å². The van der Waals surface area contributed by atoms with Crippen molar-refractivity contribution in [2.45, 2.75) is 13.3 Å². The van der Waals surface area contributed by atoms with Gasteiger partial charge < -0.3 is 4.74 Å². The number of halogens is 1. The second-order valence-corrected chi connectivity index (χ2v) is 6.07. The van der Waals surface area contributed by atoms with Crippen LogP contribution in [-0.4, -0.2) is 18.4 Å². The Balaban J connectivity index is 1.80. The van der Waals surface area contributed by atoms with Gasteiger partial charge in [-0.1, -0.05) is 36.7 Å². The third-order valence-corrected chi connectivity index (χ3v) is 4.05. The molecule has 22 heavy (non-hydrogen) atoms. The molecule has 0 fully saturated rings. The summed E-state index contributed by atoms with van der Waals surface area (Å²) in [4.78, 5) is 23.8. The van der Waals surface area contributed by atoms with Gasteiger partial charge in [-0.15, -0.1) is 11.3 Å². The number of thiophene rings is 1. The Morgan fingerprint density at radius 1 is 1.18 bits per heavy atom. The summed E-state index contributed by atoms with van der Waals surface area (Å²) in [6.07, 6.45) is 0.813. The topological polar surface area (TPSA) is 67.4 Å². The molecular weight excluding hydrogens is 324 g/mol. The zero-order valence-corrected chi connectivity index (χ0v) is 13.5. The molecule has 0 spiro atoms.